The molecule has 30 heteroatoms. The molecular weight excluding hydrogens is 860 g/mol. The average Bonchev–Trinajstić information content (AvgIpc) is 3.00. The van der Waals surface area contributed by atoms with Crippen molar-refractivity contribution in [2.75, 3.05) is 54.0 Å². The van der Waals surface area contributed by atoms with E-state index in [1.165, 1.54) is 0 Å². The van der Waals surface area contributed by atoms with Crippen molar-refractivity contribution in [3.8, 4) is 0 Å². The zero-order valence-electron chi connectivity index (χ0n) is 28.0. The minimum Gasteiger partial charge on any atom is -0.465 e. The maximum absolute atomic E-state index is 14.0. The molecular formula is C26H29F24N2O4+. The topological polar surface area (TPSA) is 64.6 Å². The van der Waals surface area contributed by atoms with Gasteiger partial charge in [-0.1, -0.05) is 0 Å². The SMILES string of the molecule is C[N+](C)(C)CCNCC(CC(=O)OCCC(F)(F)C(F)(F)C(F)(F)C(F)(F)C(F)(F)C(F)F)C(=O)OCCC(F)(F)C(F)(F)C(F)(F)C(F)(F)C(F)(F)C(F)F. The summed E-state index contributed by atoms with van der Waals surface area (Å²) in [5.41, 5.74) is 0. The number of likely N-dealkylation sites (N-methyl/N-ethyl adjacent to an activating group) is 1. The molecule has 0 aliphatic heterocycles. The van der Waals surface area contributed by atoms with Gasteiger partial charge in [-0.25, -0.2) is 17.6 Å². The van der Waals surface area contributed by atoms with E-state index < -0.39 is 129 Å². The molecule has 0 fully saturated rings. The van der Waals surface area contributed by atoms with Crippen molar-refractivity contribution in [1.29, 1.82) is 0 Å². The van der Waals surface area contributed by atoms with Crippen molar-refractivity contribution in [1.82, 2.24) is 5.32 Å². The summed E-state index contributed by atoms with van der Waals surface area (Å²) in [6, 6.07) is 0. The number of halogens is 24. The fraction of sp³-hybridized carbons (Fsp3) is 0.923. The smallest absolute Gasteiger partial charge is 0.384 e. The van der Waals surface area contributed by atoms with E-state index in [4.69, 9.17) is 0 Å². The maximum Gasteiger partial charge on any atom is 0.384 e. The summed E-state index contributed by atoms with van der Waals surface area (Å²) in [6.07, 6.45) is -19.1. The van der Waals surface area contributed by atoms with Crippen LogP contribution in [0.4, 0.5) is 105 Å². The normalized spacial score (nSPS) is 15.7. The molecule has 0 saturated heterocycles. The lowest BCUT2D eigenvalue weighted by molar-refractivity contribution is -0.869. The molecule has 0 heterocycles. The number of ether oxygens (including phenoxy) is 2. The van der Waals surface area contributed by atoms with E-state index in [1.54, 1.807) is 21.1 Å². The minimum atomic E-state index is -7.93. The fourth-order valence-corrected chi connectivity index (χ4v) is 3.74. The Morgan fingerprint density at radius 1 is 0.536 bits per heavy atom. The summed E-state index contributed by atoms with van der Waals surface area (Å²) in [5.74, 6) is -80.8. The van der Waals surface area contributed by atoms with Crippen LogP contribution in [0.5, 0.6) is 0 Å². The van der Waals surface area contributed by atoms with Gasteiger partial charge in [0.05, 0.1) is 66.1 Å². The van der Waals surface area contributed by atoms with Gasteiger partial charge >= 0.3 is 84.0 Å². The molecule has 1 N–H and O–H groups in total. The summed E-state index contributed by atoms with van der Waals surface area (Å²) in [5, 5.41) is 2.37. The summed E-state index contributed by atoms with van der Waals surface area (Å²) in [4.78, 5) is 24.5. The van der Waals surface area contributed by atoms with Gasteiger partial charge in [-0.2, -0.15) is 87.8 Å². The summed E-state index contributed by atoms with van der Waals surface area (Å²) >= 11 is 0. The fourth-order valence-electron chi connectivity index (χ4n) is 3.74. The number of carbonyl (C=O) groups excluding carboxylic acids is 2. The summed E-state index contributed by atoms with van der Waals surface area (Å²) in [7, 11) is 4.69. The molecule has 0 spiro atoms. The van der Waals surface area contributed by atoms with Gasteiger partial charge in [-0.15, -0.1) is 0 Å². The Morgan fingerprint density at radius 2 is 0.875 bits per heavy atom. The number of nitrogens with one attached hydrogen (secondary N) is 1. The number of hydrogen-bond acceptors (Lipinski definition) is 5. The van der Waals surface area contributed by atoms with Crippen LogP contribution in [-0.4, -0.2) is 142 Å². The highest BCUT2D eigenvalue weighted by Crippen LogP contribution is 2.60. The first-order valence-electron chi connectivity index (χ1n) is 14.7. The van der Waals surface area contributed by atoms with Crippen LogP contribution >= 0.6 is 0 Å². The number of hydrogen-bond donors (Lipinski definition) is 1. The molecule has 0 aromatic heterocycles. The van der Waals surface area contributed by atoms with Crippen molar-refractivity contribution in [3.05, 3.63) is 0 Å². The van der Waals surface area contributed by atoms with Crippen molar-refractivity contribution < 1.29 is 129 Å². The van der Waals surface area contributed by atoms with E-state index in [0.29, 0.717) is 0 Å². The minimum absolute atomic E-state index is 0.132. The first-order valence-corrected chi connectivity index (χ1v) is 14.7. The van der Waals surface area contributed by atoms with E-state index >= 15 is 0 Å². The Hall–Kier alpha value is -2.82. The molecule has 334 valence electrons. The summed E-state index contributed by atoms with van der Waals surface area (Å²) < 4.78 is 329. The Bertz CT molecular complexity index is 1320. The van der Waals surface area contributed by atoms with Crippen molar-refractivity contribution in [2.45, 2.75) is 91.3 Å². The number of quaternary nitrogens is 1. The van der Waals surface area contributed by atoms with E-state index in [9.17, 15) is 115 Å². The molecule has 0 aromatic carbocycles. The van der Waals surface area contributed by atoms with E-state index in [2.05, 4.69) is 14.8 Å². The number of carbonyl (C=O) groups is 2. The second-order valence-electron chi connectivity index (χ2n) is 12.7. The van der Waals surface area contributed by atoms with Crippen molar-refractivity contribution in [3.63, 3.8) is 0 Å². The Kier molecular flexibility index (Phi) is 16.3. The lowest BCUT2D eigenvalue weighted by atomic mass is 9.93. The summed E-state index contributed by atoms with van der Waals surface area (Å²) in [6.45, 7) is -5.43. The molecule has 6 nitrogen and oxygen atoms in total. The molecule has 56 heavy (non-hydrogen) atoms. The first kappa shape index (κ1) is 53.2. The third kappa shape index (κ3) is 10.4. The molecule has 0 rings (SSSR count). The molecule has 0 aliphatic rings. The molecule has 0 amide bonds. The van der Waals surface area contributed by atoms with Gasteiger partial charge in [0.1, 0.15) is 0 Å². The van der Waals surface area contributed by atoms with Gasteiger partial charge in [0, 0.05) is 13.1 Å². The number of esters is 2. The van der Waals surface area contributed by atoms with E-state index in [1.807, 2.05) is 0 Å². The lowest BCUT2D eigenvalue weighted by Gasteiger charge is -2.39. The van der Waals surface area contributed by atoms with Crippen LogP contribution in [-0.2, 0) is 19.1 Å². The Labute approximate surface area is 298 Å². The average molecular weight is 889 g/mol. The van der Waals surface area contributed by atoms with Gasteiger partial charge in [0.2, 0.25) is 0 Å². The Morgan fingerprint density at radius 3 is 1.20 bits per heavy atom. The van der Waals surface area contributed by atoms with Crippen molar-refractivity contribution >= 4 is 11.9 Å². The van der Waals surface area contributed by atoms with Gasteiger partial charge in [-0.05, 0) is 0 Å². The molecule has 1 unspecified atom stereocenters. The molecule has 1 atom stereocenters. The lowest BCUT2D eigenvalue weighted by Crippen LogP contribution is -2.68. The van der Waals surface area contributed by atoms with Crippen LogP contribution in [0.3, 0.4) is 0 Å². The van der Waals surface area contributed by atoms with Crippen LogP contribution in [0.1, 0.15) is 19.3 Å². The third-order valence-corrected chi connectivity index (χ3v) is 7.32. The standard InChI is InChI=1S/C26H29F24N2O4/c1-52(2,3)7-6-51-11-12(14(54)56-9-5-18(33,34)22(41,42)26(49,50)24(45,46)20(37,38)16(29)30)10-13(53)55-8-4-17(31,32)21(39,40)25(47,48)23(43,44)19(35,36)15(27)28/h12,15-16,51H,4-11H2,1-3H3/q+1. The molecule has 0 saturated carbocycles. The van der Waals surface area contributed by atoms with Gasteiger partial charge in [-0.3, -0.25) is 9.59 Å². The van der Waals surface area contributed by atoms with Gasteiger partial charge < -0.3 is 19.3 Å². The predicted octanol–water partition coefficient (Wildman–Crippen LogP) is 8.04. The largest absolute Gasteiger partial charge is 0.465 e. The molecule has 0 aromatic rings. The predicted molar refractivity (Wildman–Crippen MR) is 137 cm³/mol. The zero-order chi connectivity index (χ0) is 45.2. The van der Waals surface area contributed by atoms with Crippen LogP contribution in [0, 0.1) is 5.92 Å². The molecule has 0 bridgehead atoms. The van der Waals surface area contributed by atoms with Crippen LogP contribution in [0.15, 0.2) is 0 Å². The highest BCUT2D eigenvalue weighted by atomic mass is 19.4. The number of alkyl halides is 24. The highest BCUT2D eigenvalue weighted by Gasteiger charge is 2.89. The molecule has 0 radical (unpaired) electrons. The second-order valence-corrected chi connectivity index (χ2v) is 12.7. The van der Waals surface area contributed by atoms with E-state index in [0.717, 1.165) is 0 Å². The third-order valence-electron chi connectivity index (χ3n) is 7.32. The quantitative estimate of drug-likeness (QED) is 0.0461. The Balaban J connectivity index is 6.00. The highest BCUT2D eigenvalue weighted by molar-refractivity contribution is 5.80. The van der Waals surface area contributed by atoms with Crippen molar-refractivity contribution in [2.24, 2.45) is 5.92 Å². The van der Waals surface area contributed by atoms with E-state index in [-0.39, 0.29) is 17.6 Å². The maximum atomic E-state index is 14.0. The first-order chi connectivity index (χ1) is 24.5. The zero-order valence-corrected chi connectivity index (χ0v) is 28.0. The molecule has 0 aliphatic carbocycles. The number of rotatable bonds is 24. The monoisotopic (exact) mass is 889 g/mol. The van der Waals surface area contributed by atoms with Gasteiger partial charge in [0.25, 0.3) is 0 Å². The van der Waals surface area contributed by atoms with Gasteiger partial charge in [0.15, 0.2) is 0 Å². The van der Waals surface area contributed by atoms with Crippen LogP contribution in [0.2, 0.25) is 0 Å². The second kappa shape index (κ2) is 17.2. The van der Waals surface area contributed by atoms with Crippen LogP contribution < -0.4 is 5.32 Å². The number of nitrogens with zero attached hydrogens (tertiary/aromatic N) is 1. The van der Waals surface area contributed by atoms with Crippen LogP contribution in [0.25, 0.3) is 0 Å².